The summed E-state index contributed by atoms with van der Waals surface area (Å²) in [6, 6.07) is 15.1. The van der Waals surface area contributed by atoms with E-state index < -0.39 is 0 Å². The molecule has 0 spiro atoms. The van der Waals surface area contributed by atoms with Crippen LogP contribution in [0.1, 0.15) is 123 Å². The van der Waals surface area contributed by atoms with Crippen molar-refractivity contribution in [3.63, 3.8) is 0 Å². The second-order valence-corrected chi connectivity index (χ2v) is 13.9. The minimum absolute atomic E-state index is 0.177. The molecule has 0 N–H and O–H groups in total. The average Bonchev–Trinajstić information content (AvgIpc) is 3.51. The molecule has 0 atom stereocenters. The summed E-state index contributed by atoms with van der Waals surface area (Å²) in [5, 5.41) is 0. The Balaban J connectivity index is 0.000000252. The molecule has 0 radical (unpaired) electrons. The summed E-state index contributed by atoms with van der Waals surface area (Å²) in [5.74, 6) is 0. The van der Waals surface area contributed by atoms with Gasteiger partial charge in [0.2, 0.25) is 0 Å². The van der Waals surface area contributed by atoms with Gasteiger partial charge in [0.25, 0.3) is 0 Å². The van der Waals surface area contributed by atoms with Gasteiger partial charge in [0.05, 0.1) is 0 Å². The molecule has 0 aromatic heterocycles. The molecule has 0 heterocycles. The Morgan fingerprint density at radius 3 is 1.94 bits per heavy atom. The third-order valence-electron chi connectivity index (χ3n) is 6.78. The SMILES string of the molecule is CC(C)(C)c1c[c-]c2c(c1)-c1cc(C(C)(C)C)ccc1C2.CCCC[C](=[Zr+2])CCCC.[C-]1=CC=CC1. The minimum atomic E-state index is 0.177. The third-order valence-corrected chi connectivity index (χ3v) is 8.01. The molecule has 0 saturated heterocycles. The van der Waals surface area contributed by atoms with Crippen molar-refractivity contribution < 1.29 is 24.2 Å². The van der Waals surface area contributed by atoms with Crippen LogP contribution in [0.2, 0.25) is 0 Å². The predicted octanol–water partition coefficient (Wildman–Crippen LogP) is 10.0. The number of hydrogen-bond donors (Lipinski definition) is 0. The quantitative estimate of drug-likeness (QED) is 0.264. The zero-order valence-corrected chi connectivity index (χ0v) is 26.7. The van der Waals surface area contributed by atoms with E-state index >= 15 is 0 Å². The number of rotatable bonds is 6. The fourth-order valence-corrected chi connectivity index (χ4v) is 5.10. The molecule has 192 valence electrons. The molecule has 2 aromatic carbocycles. The Morgan fingerprint density at radius 2 is 1.47 bits per heavy atom. The molecule has 4 rings (SSSR count). The van der Waals surface area contributed by atoms with Gasteiger partial charge in [-0.1, -0.05) is 76.3 Å². The Labute approximate surface area is 238 Å². The van der Waals surface area contributed by atoms with Crippen molar-refractivity contribution in [3.8, 4) is 11.1 Å². The van der Waals surface area contributed by atoms with Crippen molar-refractivity contribution in [1.82, 2.24) is 0 Å². The Kier molecular flexibility index (Phi) is 12.5. The van der Waals surface area contributed by atoms with Gasteiger partial charge in [0.15, 0.2) is 0 Å². The van der Waals surface area contributed by atoms with E-state index in [0.29, 0.717) is 0 Å². The summed E-state index contributed by atoms with van der Waals surface area (Å²) >= 11 is 1.67. The second-order valence-electron chi connectivity index (χ2n) is 12.1. The van der Waals surface area contributed by atoms with Crippen LogP contribution in [0.25, 0.3) is 11.1 Å². The van der Waals surface area contributed by atoms with E-state index in [4.69, 9.17) is 0 Å². The zero-order chi connectivity index (χ0) is 26.8. The number of unbranched alkanes of at least 4 members (excludes halogenated alkanes) is 2. The average molecular weight is 560 g/mol. The van der Waals surface area contributed by atoms with Crippen LogP contribution in [0.4, 0.5) is 0 Å². The van der Waals surface area contributed by atoms with Crippen LogP contribution >= 0.6 is 0 Å². The van der Waals surface area contributed by atoms with Crippen LogP contribution in [-0.2, 0) is 41.5 Å². The first-order valence-corrected chi connectivity index (χ1v) is 15.2. The molecular weight excluding hydrogens is 512 g/mol. The molecule has 0 nitrogen and oxygen atoms in total. The van der Waals surface area contributed by atoms with Crippen LogP contribution in [0, 0.1) is 12.1 Å². The molecule has 1 heteroatoms. The van der Waals surface area contributed by atoms with Gasteiger partial charge in [-0.2, -0.15) is 35.4 Å². The number of fused-ring (bicyclic) bond motifs is 3. The van der Waals surface area contributed by atoms with Gasteiger partial charge in [-0.05, 0) is 17.4 Å². The second kappa shape index (κ2) is 14.6. The first-order chi connectivity index (χ1) is 17.0. The van der Waals surface area contributed by atoms with E-state index in [9.17, 15) is 0 Å². The van der Waals surface area contributed by atoms with E-state index in [1.54, 1.807) is 27.4 Å². The van der Waals surface area contributed by atoms with E-state index in [2.05, 4.69) is 104 Å². The van der Waals surface area contributed by atoms with Crippen molar-refractivity contribution in [2.75, 3.05) is 0 Å². The van der Waals surface area contributed by atoms with Gasteiger partial charge in [-0.15, -0.1) is 12.0 Å². The minimum Gasteiger partial charge on any atom is -0.273 e. The van der Waals surface area contributed by atoms with Crippen LogP contribution in [0.15, 0.2) is 48.6 Å². The molecule has 36 heavy (non-hydrogen) atoms. The Hall–Kier alpha value is -1.33. The van der Waals surface area contributed by atoms with Gasteiger partial charge in [-0.25, -0.2) is 12.2 Å². The smallest absolute Gasteiger partial charge is 0.109 e. The normalized spacial score (nSPS) is 13.4. The summed E-state index contributed by atoms with van der Waals surface area (Å²) in [5.41, 5.74) is 8.76. The molecular formula is C35H48Zr. The first-order valence-electron chi connectivity index (χ1n) is 13.9. The van der Waals surface area contributed by atoms with Crippen molar-refractivity contribution in [2.24, 2.45) is 0 Å². The number of hydrogen-bond acceptors (Lipinski definition) is 0. The van der Waals surface area contributed by atoms with Crippen molar-refractivity contribution in [3.05, 3.63) is 83.0 Å². The largest absolute Gasteiger partial charge is 0.273 e. The molecule has 0 saturated carbocycles. The third kappa shape index (κ3) is 9.85. The fraction of sp³-hybridized carbons (Fsp3) is 0.514. The van der Waals surface area contributed by atoms with E-state index in [1.807, 2.05) is 12.2 Å². The standard InChI is InChI=1S/C21H25.C9H18.C5H5.Zr/c1-20(2,3)16-9-7-14-11-15-8-10-17(21(4,5)6)13-19(15)18(14)12-16;1-3-5-7-9-8-6-4-2;1-2-4-5-3-1;/h7,9-10,12-13H,11H2,1-6H3;3-8H2,1-2H3;1-3H,4H2;/q-1;;-1;+2. The van der Waals surface area contributed by atoms with Crippen LogP contribution < -0.4 is 0 Å². The monoisotopic (exact) mass is 558 g/mol. The fourth-order valence-electron chi connectivity index (χ4n) is 4.23. The zero-order valence-electron chi connectivity index (χ0n) is 24.3. The summed E-state index contributed by atoms with van der Waals surface area (Å²) < 4.78 is 1.79. The van der Waals surface area contributed by atoms with E-state index in [0.717, 1.165) is 12.8 Å². The van der Waals surface area contributed by atoms with Crippen LogP contribution in [0.3, 0.4) is 0 Å². The maximum Gasteiger partial charge on any atom is -0.109 e. The maximum atomic E-state index is 3.53. The van der Waals surface area contributed by atoms with Crippen LogP contribution in [-0.4, -0.2) is 3.21 Å². The molecule has 0 bridgehead atoms. The molecule has 0 fully saturated rings. The number of allylic oxidation sites excluding steroid dienone is 4. The Morgan fingerprint density at radius 1 is 0.861 bits per heavy atom. The molecule has 2 aromatic rings. The van der Waals surface area contributed by atoms with Gasteiger partial charge < -0.3 is 0 Å². The predicted molar refractivity (Wildman–Crippen MR) is 157 cm³/mol. The van der Waals surface area contributed by atoms with Crippen molar-refractivity contribution >= 4 is 3.21 Å². The summed E-state index contributed by atoms with van der Waals surface area (Å²) in [7, 11) is 0. The molecule has 2 aliphatic rings. The van der Waals surface area contributed by atoms with Gasteiger partial charge in [0.1, 0.15) is 0 Å². The van der Waals surface area contributed by atoms with Gasteiger partial charge >= 0.3 is 79.8 Å². The summed E-state index contributed by atoms with van der Waals surface area (Å²) in [6.07, 6.45) is 19.3. The number of benzene rings is 2. The molecule has 0 amide bonds. The summed E-state index contributed by atoms with van der Waals surface area (Å²) in [4.78, 5) is 0. The summed E-state index contributed by atoms with van der Waals surface area (Å²) in [6.45, 7) is 18.2. The molecule has 0 aliphatic heterocycles. The topological polar surface area (TPSA) is 0 Å². The van der Waals surface area contributed by atoms with Crippen molar-refractivity contribution in [1.29, 1.82) is 0 Å². The molecule has 0 unspecified atom stereocenters. The van der Waals surface area contributed by atoms with Gasteiger partial charge in [0, 0.05) is 0 Å². The Bertz CT molecular complexity index is 956. The van der Waals surface area contributed by atoms with Crippen molar-refractivity contribution in [2.45, 2.75) is 118 Å². The first kappa shape index (κ1) is 30.9. The van der Waals surface area contributed by atoms with E-state index in [-0.39, 0.29) is 10.8 Å². The van der Waals surface area contributed by atoms with Gasteiger partial charge in [-0.3, -0.25) is 6.08 Å². The maximum absolute atomic E-state index is 3.53. The molecule has 2 aliphatic carbocycles. The van der Waals surface area contributed by atoms with Crippen LogP contribution in [0.5, 0.6) is 0 Å². The van der Waals surface area contributed by atoms with E-state index in [1.165, 1.54) is 71.9 Å².